The molecule has 11 heteroatoms. The summed E-state index contributed by atoms with van der Waals surface area (Å²) in [5.74, 6) is 1.14. The quantitative estimate of drug-likeness (QED) is 0.194. The fourth-order valence-electron chi connectivity index (χ4n) is 4.34. The predicted octanol–water partition coefficient (Wildman–Crippen LogP) is 5.72. The number of aromatic nitrogens is 5. The number of rotatable bonds is 8. The smallest absolute Gasteiger partial charge is 0.177 e. The molecule has 0 N–H and O–H groups in total. The highest BCUT2D eigenvalue weighted by Gasteiger charge is 2.24. The number of benzene rings is 1. The van der Waals surface area contributed by atoms with E-state index >= 15 is 0 Å². The van der Waals surface area contributed by atoms with Crippen LogP contribution in [0, 0.1) is 5.82 Å². The van der Waals surface area contributed by atoms with E-state index in [1.54, 1.807) is 21.6 Å². The summed E-state index contributed by atoms with van der Waals surface area (Å²) < 4.78 is 29.9. The number of anilines is 1. The monoisotopic (exact) mass is 586 g/mol. The van der Waals surface area contributed by atoms with Gasteiger partial charge in [-0.2, -0.15) is 14.9 Å². The lowest BCUT2D eigenvalue weighted by molar-refractivity contribution is 0.0785. The van der Waals surface area contributed by atoms with Crippen molar-refractivity contribution in [2.75, 3.05) is 31.3 Å². The fraction of sp³-hybridized carbons (Fsp3) is 0.423. The SMILES string of the molecule is CC1COCCN1c1cc(-c2ccc(Br)c(F)c2)c2cnn(-c3ccn(COCC[Si](C)(C)C)n3)c2n1. The van der Waals surface area contributed by atoms with Crippen LogP contribution >= 0.6 is 15.9 Å². The first-order valence-electron chi connectivity index (χ1n) is 12.5. The predicted molar refractivity (Wildman–Crippen MR) is 149 cm³/mol. The van der Waals surface area contributed by atoms with Crippen LogP contribution in [0.2, 0.25) is 25.7 Å². The summed E-state index contributed by atoms with van der Waals surface area (Å²) in [6.07, 6.45) is 3.66. The van der Waals surface area contributed by atoms with Gasteiger partial charge in [0.2, 0.25) is 0 Å². The molecule has 37 heavy (non-hydrogen) atoms. The molecule has 3 aromatic heterocycles. The molecule has 196 valence electrons. The van der Waals surface area contributed by atoms with E-state index in [-0.39, 0.29) is 11.9 Å². The van der Waals surface area contributed by atoms with E-state index in [4.69, 9.17) is 14.5 Å². The Morgan fingerprint density at radius 1 is 1.19 bits per heavy atom. The van der Waals surface area contributed by atoms with Gasteiger partial charge < -0.3 is 14.4 Å². The molecule has 1 unspecified atom stereocenters. The highest BCUT2D eigenvalue weighted by Crippen LogP contribution is 2.34. The third kappa shape index (κ3) is 5.79. The Kier molecular flexibility index (Phi) is 7.48. The van der Waals surface area contributed by atoms with Crippen molar-refractivity contribution in [3.05, 3.63) is 53.0 Å². The molecule has 5 rings (SSSR count). The minimum atomic E-state index is -1.14. The minimum absolute atomic E-state index is 0.164. The van der Waals surface area contributed by atoms with E-state index < -0.39 is 8.07 Å². The molecular formula is C26H32BrFN6O2Si. The average Bonchev–Trinajstić information content (AvgIpc) is 3.49. The standard InChI is InChI=1S/C26H32BrFN6O2Si/c1-18-16-35-10-9-33(18)25-14-20(19-5-6-22(27)23(28)13-19)21-15-29-34(26(21)30-25)24-7-8-32(31-24)17-36-11-12-37(2,3)4/h5-8,13-15,18H,9-12,16-17H2,1-4H3. The molecule has 0 amide bonds. The second-order valence-electron chi connectivity index (χ2n) is 10.6. The number of morpholine rings is 1. The first kappa shape index (κ1) is 26.0. The van der Waals surface area contributed by atoms with Gasteiger partial charge in [-0.25, -0.2) is 14.1 Å². The number of ether oxygens (including phenoxy) is 2. The Bertz CT molecular complexity index is 1400. The molecule has 0 bridgehead atoms. The van der Waals surface area contributed by atoms with E-state index in [0.29, 0.717) is 35.9 Å². The second kappa shape index (κ2) is 10.6. The molecule has 0 radical (unpaired) electrons. The topological polar surface area (TPSA) is 70.2 Å². The lowest BCUT2D eigenvalue weighted by atomic mass is 10.0. The minimum Gasteiger partial charge on any atom is -0.377 e. The zero-order valence-corrected chi connectivity index (χ0v) is 24.2. The lowest BCUT2D eigenvalue weighted by Crippen LogP contribution is -2.44. The number of nitrogens with zero attached hydrogens (tertiary/aromatic N) is 6. The Balaban J connectivity index is 1.52. The first-order valence-corrected chi connectivity index (χ1v) is 17.0. The second-order valence-corrected chi connectivity index (χ2v) is 17.1. The summed E-state index contributed by atoms with van der Waals surface area (Å²) in [5.41, 5.74) is 2.29. The molecule has 1 atom stereocenters. The van der Waals surface area contributed by atoms with Gasteiger partial charge in [-0.1, -0.05) is 25.7 Å². The molecule has 1 fully saturated rings. The van der Waals surface area contributed by atoms with Gasteiger partial charge in [0.1, 0.15) is 18.4 Å². The Hall–Kier alpha value is -2.60. The first-order chi connectivity index (χ1) is 17.7. The van der Waals surface area contributed by atoms with Gasteiger partial charge in [-0.05, 0) is 58.2 Å². The van der Waals surface area contributed by atoms with Crippen molar-refractivity contribution in [1.29, 1.82) is 0 Å². The summed E-state index contributed by atoms with van der Waals surface area (Å²) in [5, 5.41) is 10.1. The number of halogens is 2. The number of hydrogen-bond acceptors (Lipinski definition) is 6. The number of hydrogen-bond donors (Lipinski definition) is 0. The van der Waals surface area contributed by atoms with E-state index in [1.165, 1.54) is 6.07 Å². The number of fused-ring (bicyclic) bond motifs is 1. The van der Waals surface area contributed by atoms with Gasteiger partial charge in [-0.3, -0.25) is 0 Å². The molecule has 0 saturated carbocycles. The molecule has 1 saturated heterocycles. The summed E-state index contributed by atoms with van der Waals surface area (Å²) in [4.78, 5) is 7.24. The van der Waals surface area contributed by atoms with E-state index in [9.17, 15) is 4.39 Å². The molecule has 1 aliphatic rings. The normalized spacial score (nSPS) is 16.6. The zero-order chi connectivity index (χ0) is 26.2. The number of pyridine rings is 1. The van der Waals surface area contributed by atoms with Crippen LogP contribution in [0.25, 0.3) is 28.0 Å². The average molecular weight is 588 g/mol. The zero-order valence-electron chi connectivity index (χ0n) is 21.6. The maximum absolute atomic E-state index is 14.5. The van der Waals surface area contributed by atoms with Crippen LogP contribution in [0.1, 0.15) is 6.92 Å². The summed E-state index contributed by atoms with van der Waals surface area (Å²) in [7, 11) is -1.14. The van der Waals surface area contributed by atoms with Crippen LogP contribution in [0.5, 0.6) is 0 Å². The van der Waals surface area contributed by atoms with Crippen molar-refractivity contribution in [3.8, 4) is 16.9 Å². The van der Waals surface area contributed by atoms with Crippen LogP contribution in [-0.2, 0) is 16.2 Å². The Morgan fingerprint density at radius 3 is 2.78 bits per heavy atom. The summed E-state index contributed by atoms with van der Waals surface area (Å²) in [6.45, 7) is 12.2. The van der Waals surface area contributed by atoms with Gasteiger partial charge in [0.05, 0.1) is 29.9 Å². The molecule has 0 aliphatic carbocycles. The van der Waals surface area contributed by atoms with Crippen molar-refractivity contribution < 1.29 is 13.9 Å². The third-order valence-corrected chi connectivity index (χ3v) is 8.83. The van der Waals surface area contributed by atoms with Gasteiger partial charge in [0, 0.05) is 38.9 Å². The molecule has 8 nitrogen and oxygen atoms in total. The molecule has 1 aromatic carbocycles. The molecular weight excluding hydrogens is 555 g/mol. The van der Waals surface area contributed by atoms with Crippen molar-refractivity contribution in [3.63, 3.8) is 0 Å². The van der Waals surface area contributed by atoms with Crippen LogP contribution in [0.15, 0.2) is 47.2 Å². The van der Waals surface area contributed by atoms with Crippen molar-refractivity contribution in [2.24, 2.45) is 0 Å². The van der Waals surface area contributed by atoms with Crippen LogP contribution in [-0.4, -0.2) is 65.0 Å². The lowest BCUT2D eigenvalue weighted by Gasteiger charge is -2.34. The Labute approximate surface area is 225 Å². The van der Waals surface area contributed by atoms with E-state index in [2.05, 4.69) is 57.6 Å². The van der Waals surface area contributed by atoms with Crippen LogP contribution in [0.3, 0.4) is 0 Å². The summed E-state index contributed by atoms with van der Waals surface area (Å²) >= 11 is 3.26. The van der Waals surface area contributed by atoms with Gasteiger partial charge in [-0.15, -0.1) is 0 Å². The van der Waals surface area contributed by atoms with Gasteiger partial charge in [0.15, 0.2) is 11.5 Å². The van der Waals surface area contributed by atoms with E-state index in [1.807, 2.05) is 24.4 Å². The van der Waals surface area contributed by atoms with Gasteiger partial charge >= 0.3 is 0 Å². The Morgan fingerprint density at radius 2 is 2.03 bits per heavy atom. The highest BCUT2D eigenvalue weighted by atomic mass is 79.9. The highest BCUT2D eigenvalue weighted by molar-refractivity contribution is 9.10. The van der Waals surface area contributed by atoms with Crippen LogP contribution < -0.4 is 4.90 Å². The molecule has 1 aliphatic heterocycles. The van der Waals surface area contributed by atoms with Crippen LogP contribution in [0.4, 0.5) is 10.2 Å². The molecule has 4 heterocycles. The maximum Gasteiger partial charge on any atom is 0.177 e. The third-order valence-electron chi connectivity index (χ3n) is 6.48. The van der Waals surface area contributed by atoms with Gasteiger partial charge in [0.25, 0.3) is 0 Å². The van der Waals surface area contributed by atoms with E-state index in [0.717, 1.165) is 41.5 Å². The van der Waals surface area contributed by atoms with Crippen molar-refractivity contribution in [1.82, 2.24) is 24.5 Å². The fourth-order valence-corrected chi connectivity index (χ4v) is 5.35. The largest absolute Gasteiger partial charge is 0.377 e. The molecule has 4 aromatic rings. The maximum atomic E-state index is 14.5. The molecule has 0 spiro atoms. The summed E-state index contributed by atoms with van der Waals surface area (Å²) in [6, 6.07) is 10.4. The van der Waals surface area contributed by atoms with Crippen molar-refractivity contribution in [2.45, 2.75) is 45.4 Å². The van der Waals surface area contributed by atoms with Crippen molar-refractivity contribution >= 4 is 40.9 Å².